The third-order valence-corrected chi connectivity index (χ3v) is 5.68. The maximum Gasteiger partial charge on any atom is 0.434 e. The van der Waals surface area contributed by atoms with Crippen molar-refractivity contribution in [3.8, 4) is 11.1 Å². The van der Waals surface area contributed by atoms with Crippen LogP contribution in [0.4, 0.5) is 10.7 Å². The van der Waals surface area contributed by atoms with E-state index in [0.717, 1.165) is 22.3 Å². The Balaban J connectivity index is 1.34. The highest BCUT2D eigenvalue weighted by Gasteiger charge is 2.29. The number of fused-ring (bicyclic) bond motifs is 3. The van der Waals surface area contributed by atoms with Gasteiger partial charge in [-0.1, -0.05) is 53.5 Å². The van der Waals surface area contributed by atoms with Crippen molar-refractivity contribution in [2.75, 3.05) is 6.61 Å². The molecule has 1 amide bonds. The number of nitro groups is 1. The van der Waals surface area contributed by atoms with Gasteiger partial charge >= 0.3 is 18.0 Å². The number of nitrogens with one attached hydrogen (secondary N) is 1. The van der Waals surface area contributed by atoms with Crippen molar-refractivity contribution in [3.63, 3.8) is 0 Å². The summed E-state index contributed by atoms with van der Waals surface area (Å²) < 4.78 is 6.73. The number of carbonyl (C=O) groups is 2. The predicted octanol–water partition coefficient (Wildman–Crippen LogP) is 3.56. The third kappa shape index (κ3) is 4.69. The quantitative estimate of drug-likeness (QED) is 0.376. The second kappa shape index (κ2) is 9.51. The van der Waals surface area contributed by atoms with Crippen molar-refractivity contribution >= 4 is 18.0 Å². The van der Waals surface area contributed by atoms with Gasteiger partial charge in [0.1, 0.15) is 25.0 Å². The van der Waals surface area contributed by atoms with Crippen LogP contribution in [-0.4, -0.2) is 44.3 Å². The van der Waals surface area contributed by atoms with Crippen LogP contribution in [-0.2, 0) is 16.1 Å². The van der Waals surface area contributed by atoms with E-state index in [0.29, 0.717) is 0 Å². The molecule has 0 saturated heterocycles. The second-order valence-corrected chi connectivity index (χ2v) is 7.68. The fourth-order valence-corrected chi connectivity index (χ4v) is 4.15. The molecule has 2 aromatic carbocycles. The van der Waals surface area contributed by atoms with Crippen molar-refractivity contribution in [1.82, 2.24) is 14.9 Å². The molecule has 0 saturated carbocycles. The highest BCUT2D eigenvalue weighted by molar-refractivity contribution is 5.81. The minimum absolute atomic E-state index is 0.0768. The molecule has 1 atom stereocenters. The Morgan fingerprint density at radius 3 is 2.39 bits per heavy atom. The fraction of sp³-hybridized carbons (Fsp3) is 0.261. The maximum atomic E-state index is 12.4. The summed E-state index contributed by atoms with van der Waals surface area (Å²) in [5, 5.41) is 22.8. The van der Waals surface area contributed by atoms with Crippen LogP contribution in [0.5, 0.6) is 0 Å². The van der Waals surface area contributed by atoms with Crippen molar-refractivity contribution in [2.24, 2.45) is 0 Å². The molecule has 10 nitrogen and oxygen atoms in total. The Labute approximate surface area is 189 Å². The van der Waals surface area contributed by atoms with Gasteiger partial charge in [-0.15, -0.1) is 0 Å². The number of carbonyl (C=O) groups excluding carboxylic acids is 1. The summed E-state index contributed by atoms with van der Waals surface area (Å²) in [4.78, 5) is 37.9. The second-order valence-electron chi connectivity index (χ2n) is 7.68. The van der Waals surface area contributed by atoms with Crippen LogP contribution < -0.4 is 5.32 Å². The molecule has 33 heavy (non-hydrogen) atoms. The number of carboxylic acid groups (broad SMARTS) is 1. The zero-order valence-corrected chi connectivity index (χ0v) is 17.6. The minimum atomic E-state index is -1.20. The molecular formula is C23H22N4O6. The fourth-order valence-electron chi connectivity index (χ4n) is 4.15. The Hall–Kier alpha value is -4.21. The van der Waals surface area contributed by atoms with Crippen molar-refractivity contribution in [1.29, 1.82) is 0 Å². The standard InChI is InChI=1S/C23H22N4O6/c28-21(29)20(10-5-12-26-13-11-24-22(26)27(31)32)25-23(30)33-14-19-17-8-3-1-6-15(17)16-7-2-4-9-18(16)19/h1-4,6-9,11,13,19-20H,5,10,12,14H2,(H,25,30)(H,28,29). The molecular weight excluding hydrogens is 428 g/mol. The topological polar surface area (TPSA) is 137 Å². The molecule has 1 aliphatic carbocycles. The molecule has 3 aromatic rings. The van der Waals surface area contributed by atoms with Crippen LogP contribution >= 0.6 is 0 Å². The number of rotatable bonds is 9. The first kappa shape index (κ1) is 22.0. The summed E-state index contributed by atoms with van der Waals surface area (Å²) in [5.41, 5.74) is 4.31. The summed E-state index contributed by atoms with van der Waals surface area (Å²) in [5.74, 6) is -1.65. The van der Waals surface area contributed by atoms with Crippen molar-refractivity contribution in [2.45, 2.75) is 31.3 Å². The van der Waals surface area contributed by atoms with E-state index in [1.54, 1.807) is 0 Å². The average Bonchev–Trinajstić information content (AvgIpc) is 3.40. The lowest BCUT2D eigenvalue weighted by molar-refractivity contribution is -0.396. The molecule has 1 heterocycles. The third-order valence-electron chi connectivity index (χ3n) is 5.68. The van der Waals surface area contributed by atoms with E-state index in [4.69, 9.17) is 4.74 Å². The molecule has 0 radical (unpaired) electrons. The van der Waals surface area contributed by atoms with Crippen LogP contribution in [0.15, 0.2) is 60.9 Å². The Bertz CT molecular complexity index is 1150. The molecule has 2 N–H and O–H groups in total. The number of hydrogen-bond donors (Lipinski definition) is 2. The highest BCUT2D eigenvalue weighted by atomic mass is 16.6. The van der Waals surface area contributed by atoms with Gasteiger partial charge in [0.05, 0.1) is 6.54 Å². The lowest BCUT2D eigenvalue weighted by atomic mass is 9.98. The summed E-state index contributed by atoms with van der Waals surface area (Å²) in [6, 6.07) is 14.7. The minimum Gasteiger partial charge on any atom is -0.480 e. The van der Waals surface area contributed by atoms with Gasteiger partial charge in [0, 0.05) is 5.92 Å². The zero-order chi connectivity index (χ0) is 23.4. The van der Waals surface area contributed by atoms with Gasteiger partial charge in [0.25, 0.3) is 0 Å². The summed E-state index contributed by atoms with van der Waals surface area (Å²) in [7, 11) is 0. The monoisotopic (exact) mass is 450 g/mol. The van der Waals surface area contributed by atoms with E-state index < -0.39 is 23.0 Å². The number of amides is 1. The number of benzene rings is 2. The van der Waals surface area contributed by atoms with Crippen molar-refractivity contribution < 1.29 is 24.4 Å². The Morgan fingerprint density at radius 2 is 1.79 bits per heavy atom. The van der Waals surface area contributed by atoms with Crippen LogP contribution in [0, 0.1) is 10.1 Å². The van der Waals surface area contributed by atoms with Gasteiger partial charge < -0.3 is 25.3 Å². The normalized spacial score (nSPS) is 13.1. The van der Waals surface area contributed by atoms with E-state index in [2.05, 4.69) is 10.3 Å². The van der Waals surface area contributed by atoms with E-state index in [-0.39, 0.29) is 37.9 Å². The maximum absolute atomic E-state index is 12.4. The van der Waals surface area contributed by atoms with Gasteiger partial charge in [-0.05, 0) is 40.0 Å². The largest absolute Gasteiger partial charge is 0.480 e. The number of imidazole rings is 1. The number of aliphatic carboxylic acids is 1. The first-order valence-corrected chi connectivity index (χ1v) is 10.5. The number of nitrogens with zero attached hydrogens (tertiary/aromatic N) is 3. The molecule has 1 aromatic heterocycles. The molecule has 170 valence electrons. The average molecular weight is 450 g/mol. The van der Waals surface area contributed by atoms with Gasteiger partial charge in [-0.25, -0.2) is 14.2 Å². The van der Waals surface area contributed by atoms with E-state index in [1.165, 1.54) is 17.0 Å². The highest BCUT2D eigenvalue weighted by Crippen LogP contribution is 2.44. The number of aromatic nitrogens is 2. The first-order valence-electron chi connectivity index (χ1n) is 10.5. The zero-order valence-electron chi connectivity index (χ0n) is 17.6. The lowest BCUT2D eigenvalue weighted by Crippen LogP contribution is -2.41. The van der Waals surface area contributed by atoms with Gasteiger partial charge in [-0.2, -0.15) is 0 Å². The molecule has 1 aliphatic rings. The molecule has 10 heteroatoms. The number of alkyl carbamates (subject to hydrolysis) is 1. The summed E-state index contributed by atoms with van der Waals surface area (Å²) in [6.45, 7) is 0.278. The van der Waals surface area contributed by atoms with E-state index in [9.17, 15) is 24.8 Å². The SMILES string of the molecule is O=C(NC(CCCn1ccnc1[N+](=O)[O-])C(=O)O)OCC1c2ccccc2-c2ccccc21. The van der Waals surface area contributed by atoms with Gasteiger partial charge in [0.2, 0.25) is 0 Å². The number of carboxylic acids is 1. The molecule has 0 fully saturated rings. The van der Waals surface area contributed by atoms with E-state index >= 15 is 0 Å². The molecule has 0 bridgehead atoms. The molecule has 0 aliphatic heterocycles. The number of aryl methyl sites for hydroxylation is 1. The Morgan fingerprint density at radius 1 is 1.15 bits per heavy atom. The predicted molar refractivity (Wildman–Crippen MR) is 118 cm³/mol. The van der Waals surface area contributed by atoms with Crippen LogP contribution in [0.2, 0.25) is 0 Å². The van der Waals surface area contributed by atoms with Crippen LogP contribution in [0.1, 0.15) is 29.9 Å². The molecule has 0 spiro atoms. The smallest absolute Gasteiger partial charge is 0.434 e. The summed E-state index contributed by atoms with van der Waals surface area (Å²) >= 11 is 0. The molecule has 4 rings (SSSR count). The van der Waals surface area contributed by atoms with Crippen LogP contribution in [0.25, 0.3) is 11.1 Å². The van der Waals surface area contributed by atoms with Gasteiger partial charge in [-0.3, -0.25) is 0 Å². The Kier molecular flexibility index (Phi) is 6.34. The summed E-state index contributed by atoms with van der Waals surface area (Å²) in [6.07, 6.45) is 2.30. The molecule has 1 unspecified atom stereocenters. The van der Waals surface area contributed by atoms with Crippen molar-refractivity contribution in [3.05, 3.63) is 82.2 Å². The lowest BCUT2D eigenvalue weighted by Gasteiger charge is -2.17. The van der Waals surface area contributed by atoms with E-state index in [1.807, 2.05) is 48.5 Å². The number of hydrogen-bond acceptors (Lipinski definition) is 6. The first-order chi connectivity index (χ1) is 16.0. The van der Waals surface area contributed by atoms with Crippen LogP contribution in [0.3, 0.4) is 0 Å². The number of ether oxygens (including phenoxy) is 1. The van der Waals surface area contributed by atoms with Gasteiger partial charge in [0.15, 0.2) is 0 Å².